The lowest BCUT2D eigenvalue weighted by Crippen LogP contribution is -2.35. The normalized spacial score (nSPS) is 14.7. The number of aromatic nitrogens is 3. The zero-order valence-electron chi connectivity index (χ0n) is 45.6. The molecular formula is C68H73N3O. The van der Waals surface area contributed by atoms with Gasteiger partial charge >= 0.3 is 0 Å². The summed E-state index contributed by atoms with van der Waals surface area (Å²) in [5.41, 5.74) is 18.5. The molecule has 2 heterocycles. The summed E-state index contributed by atoms with van der Waals surface area (Å²) in [6.07, 6.45) is 1.92. The van der Waals surface area contributed by atoms with E-state index in [1.807, 2.05) is 6.20 Å². The number of phenols is 1. The summed E-state index contributed by atoms with van der Waals surface area (Å²) in [6.45, 7) is 36.7. The van der Waals surface area contributed by atoms with Gasteiger partial charge in [-0.25, -0.2) is 4.98 Å². The maximum absolute atomic E-state index is 12.8. The third-order valence-corrected chi connectivity index (χ3v) is 16.3. The highest BCUT2D eigenvalue weighted by Gasteiger charge is 2.47. The van der Waals surface area contributed by atoms with Gasteiger partial charge in [0.2, 0.25) is 0 Å². The number of aromatic hydroxyl groups is 1. The number of nitrogens with zero attached hydrogens (tertiary/aromatic N) is 3. The van der Waals surface area contributed by atoms with Crippen molar-refractivity contribution < 1.29 is 5.11 Å². The number of benzene rings is 7. The van der Waals surface area contributed by atoms with Crippen LogP contribution in [0.4, 0.5) is 0 Å². The molecule has 0 saturated carbocycles. The van der Waals surface area contributed by atoms with Crippen molar-refractivity contribution in [3.8, 4) is 67.5 Å². The fourth-order valence-electron chi connectivity index (χ4n) is 11.0. The molecule has 0 spiro atoms. The number of rotatable bonds is 6. The van der Waals surface area contributed by atoms with Crippen LogP contribution in [-0.4, -0.2) is 19.6 Å². The molecule has 0 saturated heterocycles. The lowest BCUT2D eigenvalue weighted by atomic mass is 9.66. The van der Waals surface area contributed by atoms with E-state index in [0.717, 1.165) is 72.5 Å². The number of imidazole rings is 1. The van der Waals surface area contributed by atoms with Crippen LogP contribution in [0.1, 0.15) is 144 Å². The molecule has 72 heavy (non-hydrogen) atoms. The Bertz CT molecular complexity index is 3610. The molecule has 0 bridgehead atoms. The van der Waals surface area contributed by atoms with Crippen LogP contribution in [0.15, 0.2) is 146 Å². The number of para-hydroxylation sites is 1. The van der Waals surface area contributed by atoms with E-state index in [4.69, 9.17) is 9.97 Å². The van der Waals surface area contributed by atoms with Gasteiger partial charge in [0.15, 0.2) is 0 Å². The quantitative estimate of drug-likeness (QED) is 0.181. The summed E-state index contributed by atoms with van der Waals surface area (Å²) in [4.78, 5) is 10.8. The van der Waals surface area contributed by atoms with Crippen LogP contribution in [0, 0.1) is 0 Å². The first-order valence-corrected chi connectivity index (χ1v) is 26.0. The Balaban J connectivity index is 1.31. The zero-order chi connectivity index (χ0) is 51.7. The van der Waals surface area contributed by atoms with Gasteiger partial charge in [0.1, 0.15) is 11.6 Å². The Morgan fingerprint density at radius 1 is 0.458 bits per heavy atom. The Kier molecular flexibility index (Phi) is 11.3. The second-order valence-corrected chi connectivity index (χ2v) is 25.9. The lowest BCUT2D eigenvalue weighted by Gasteiger charge is -2.37. The molecular weight excluding hydrogens is 875 g/mol. The summed E-state index contributed by atoms with van der Waals surface area (Å²) >= 11 is 0. The average molecular weight is 948 g/mol. The van der Waals surface area contributed by atoms with Crippen molar-refractivity contribution in [1.29, 1.82) is 0 Å². The fourth-order valence-corrected chi connectivity index (χ4v) is 11.0. The van der Waals surface area contributed by atoms with E-state index >= 15 is 0 Å². The van der Waals surface area contributed by atoms with Crippen LogP contribution in [0.2, 0.25) is 0 Å². The van der Waals surface area contributed by atoms with Crippen LogP contribution < -0.4 is 0 Å². The van der Waals surface area contributed by atoms with Crippen LogP contribution in [0.25, 0.3) is 83.5 Å². The minimum absolute atomic E-state index is 0.0566. The Hall–Kier alpha value is -6.78. The van der Waals surface area contributed by atoms with Crippen molar-refractivity contribution in [2.24, 2.45) is 0 Å². The zero-order valence-corrected chi connectivity index (χ0v) is 45.6. The summed E-state index contributed by atoms with van der Waals surface area (Å²) in [7, 11) is 0. The van der Waals surface area contributed by atoms with Crippen molar-refractivity contribution in [2.75, 3.05) is 0 Å². The molecule has 4 nitrogen and oxygen atoms in total. The average Bonchev–Trinajstić information content (AvgIpc) is 3.77. The third kappa shape index (κ3) is 8.16. The third-order valence-electron chi connectivity index (χ3n) is 16.3. The van der Waals surface area contributed by atoms with Crippen LogP contribution in [-0.2, 0) is 32.5 Å². The summed E-state index contributed by atoms with van der Waals surface area (Å²) in [5.74, 6) is 0.966. The number of pyridine rings is 1. The van der Waals surface area contributed by atoms with Crippen LogP contribution >= 0.6 is 0 Å². The molecule has 10 rings (SSSR count). The van der Waals surface area contributed by atoms with E-state index in [2.05, 4.69) is 255 Å². The highest BCUT2D eigenvalue weighted by molar-refractivity contribution is 6.00. The highest BCUT2D eigenvalue weighted by Crippen LogP contribution is 2.56. The number of hydrogen-bond acceptors (Lipinski definition) is 3. The van der Waals surface area contributed by atoms with Gasteiger partial charge < -0.3 is 5.11 Å². The van der Waals surface area contributed by atoms with Crippen molar-refractivity contribution in [3.05, 3.63) is 179 Å². The van der Waals surface area contributed by atoms with Gasteiger partial charge in [-0.1, -0.05) is 190 Å². The molecule has 1 N–H and O–H groups in total. The topological polar surface area (TPSA) is 50.9 Å². The second-order valence-electron chi connectivity index (χ2n) is 25.9. The first-order chi connectivity index (χ1) is 33.6. The first-order valence-electron chi connectivity index (χ1n) is 26.0. The maximum atomic E-state index is 12.8. The smallest absolute Gasteiger partial charge is 0.149 e. The number of fused-ring (bicyclic) bond motifs is 1. The van der Waals surface area contributed by atoms with Crippen molar-refractivity contribution >= 4 is 21.8 Å². The molecule has 4 heteroatoms. The number of phenolic OH excluding ortho intramolecular Hbond substituents is 1. The largest absolute Gasteiger partial charge is 0.507 e. The minimum atomic E-state index is -0.343. The predicted octanol–water partition coefficient (Wildman–Crippen LogP) is 18.4. The van der Waals surface area contributed by atoms with Crippen molar-refractivity contribution in [1.82, 2.24) is 14.5 Å². The molecule has 0 amide bonds. The second kappa shape index (κ2) is 16.6. The monoisotopic (exact) mass is 948 g/mol. The van der Waals surface area contributed by atoms with E-state index < -0.39 is 0 Å². The van der Waals surface area contributed by atoms with E-state index in [-0.39, 0.29) is 38.2 Å². The van der Waals surface area contributed by atoms with Crippen molar-refractivity contribution in [3.63, 3.8) is 0 Å². The standard InChI is InChI=1S/C68H73N3O/c1-63(2,3)47-28-29-57(51(38-47)45-32-43-24-20-26-53-59(43)54(36-45)68(15,16)67(53,13)14)71-58-27-21-25-50(60(58)70-62(71)52-39-49(65(7,8)9)40-55(61(52)72)66(10,11)12)44-33-46(35-48(34-44)64(4,5)6)56-37-42(30-31-69-56)41-22-18-17-19-23-41/h17-40,72H,1-16H3. The van der Waals surface area contributed by atoms with Gasteiger partial charge in [-0.2, -0.15) is 0 Å². The van der Waals surface area contributed by atoms with Gasteiger partial charge in [0.25, 0.3) is 0 Å². The fraction of sp³-hybridized carbons (Fsp3) is 0.324. The SMILES string of the molecule is CC(C)(C)c1cc(-c2cc(-c3ccccc3)ccn2)cc(-c2cccc3c2nc(-c2cc(C(C)(C)C)cc(C(C)(C)C)c2O)n3-c2ccc(C(C)(C)C)cc2-c2cc3c4c(cccc4c2)C(C)(C)C3(C)C)c1. The van der Waals surface area contributed by atoms with E-state index in [1.165, 1.54) is 38.6 Å². The molecule has 0 unspecified atom stereocenters. The van der Waals surface area contributed by atoms with Gasteiger partial charge in [-0.05, 0) is 154 Å². The predicted molar refractivity (Wildman–Crippen MR) is 306 cm³/mol. The van der Waals surface area contributed by atoms with Gasteiger partial charge in [0.05, 0.1) is 28.0 Å². The molecule has 1 aliphatic carbocycles. The van der Waals surface area contributed by atoms with Crippen LogP contribution in [0.5, 0.6) is 5.75 Å². The molecule has 7 aromatic carbocycles. The summed E-state index contributed by atoms with van der Waals surface area (Å²) in [5, 5.41) is 15.5. The molecule has 2 aromatic heterocycles. The molecule has 0 aliphatic heterocycles. The lowest BCUT2D eigenvalue weighted by molar-refractivity contribution is 0.322. The van der Waals surface area contributed by atoms with E-state index in [9.17, 15) is 5.11 Å². The van der Waals surface area contributed by atoms with Crippen molar-refractivity contribution in [2.45, 2.75) is 143 Å². The van der Waals surface area contributed by atoms with Crippen LogP contribution in [0.3, 0.4) is 0 Å². The Labute approximate surface area is 429 Å². The minimum Gasteiger partial charge on any atom is -0.507 e. The molecule has 0 atom stereocenters. The molecule has 9 aromatic rings. The summed E-state index contributed by atoms with van der Waals surface area (Å²) < 4.78 is 2.35. The molecule has 0 radical (unpaired) electrons. The van der Waals surface area contributed by atoms with Gasteiger partial charge in [-0.15, -0.1) is 0 Å². The van der Waals surface area contributed by atoms with E-state index in [0.29, 0.717) is 5.82 Å². The Morgan fingerprint density at radius 2 is 1.08 bits per heavy atom. The van der Waals surface area contributed by atoms with Gasteiger partial charge in [0, 0.05) is 28.5 Å². The molecule has 366 valence electrons. The molecule has 0 fully saturated rings. The Morgan fingerprint density at radius 3 is 1.76 bits per heavy atom. The van der Waals surface area contributed by atoms with E-state index in [1.54, 1.807) is 0 Å². The first kappa shape index (κ1) is 48.8. The number of hydrogen-bond donors (Lipinski definition) is 1. The molecule has 1 aliphatic rings. The summed E-state index contributed by atoms with van der Waals surface area (Å²) in [6, 6.07) is 51.5. The highest BCUT2D eigenvalue weighted by atomic mass is 16.3. The maximum Gasteiger partial charge on any atom is 0.149 e. The van der Waals surface area contributed by atoms with Gasteiger partial charge in [-0.3, -0.25) is 9.55 Å².